The van der Waals surface area contributed by atoms with Crippen LogP contribution in [-0.4, -0.2) is 19.8 Å². The summed E-state index contributed by atoms with van der Waals surface area (Å²) in [6.45, 7) is 4.18. The maximum absolute atomic E-state index is 5.85. The second-order valence-electron chi connectivity index (χ2n) is 5.64. The Bertz CT molecular complexity index is 689. The molecule has 0 fully saturated rings. The van der Waals surface area contributed by atoms with Crippen molar-refractivity contribution in [2.45, 2.75) is 39.2 Å². The van der Waals surface area contributed by atoms with E-state index in [0.717, 1.165) is 42.0 Å². The summed E-state index contributed by atoms with van der Waals surface area (Å²) >= 11 is 5.16. The van der Waals surface area contributed by atoms with Gasteiger partial charge in [-0.2, -0.15) is 5.10 Å². The van der Waals surface area contributed by atoms with E-state index >= 15 is 0 Å². The van der Waals surface area contributed by atoms with Gasteiger partial charge in [0.1, 0.15) is 10.8 Å². The van der Waals surface area contributed by atoms with E-state index in [-0.39, 0.29) is 0 Å². The molecule has 0 atom stereocenters. The third kappa shape index (κ3) is 2.76. The van der Waals surface area contributed by atoms with E-state index in [9.17, 15) is 0 Å². The van der Waals surface area contributed by atoms with Gasteiger partial charge < -0.3 is 11.1 Å². The summed E-state index contributed by atoms with van der Waals surface area (Å²) in [6.07, 6.45) is 6.98. The van der Waals surface area contributed by atoms with Crippen molar-refractivity contribution in [1.29, 1.82) is 0 Å². The molecule has 6 heteroatoms. The number of aromatic nitrogens is 3. The second-order valence-corrected chi connectivity index (χ2v) is 6.08. The molecule has 1 aliphatic carbocycles. The van der Waals surface area contributed by atoms with Crippen LogP contribution in [0, 0.1) is 0 Å². The smallest absolute Gasteiger partial charge is 0.141 e. The summed E-state index contributed by atoms with van der Waals surface area (Å²) in [5, 5.41) is 7.62. The molecule has 3 rings (SSSR count). The average molecular weight is 301 g/mol. The molecular formula is C15H19N5S. The Morgan fingerprint density at radius 1 is 1.43 bits per heavy atom. The minimum Gasteiger partial charge on any atom is -0.389 e. The first kappa shape index (κ1) is 14.0. The molecule has 2 aromatic heterocycles. The Morgan fingerprint density at radius 2 is 2.24 bits per heavy atom. The number of pyridine rings is 1. The van der Waals surface area contributed by atoms with Crippen LogP contribution in [0.1, 0.15) is 43.1 Å². The van der Waals surface area contributed by atoms with Crippen LogP contribution in [-0.2, 0) is 12.8 Å². The van der Waals surface area contributed by atoms with Crippen molar-refractivity contribution in [2.75, 3.05) is 5.32 Å². The van der Waals surface area contributed by atoms with Crippen LogP contribution in [0.3, 0.4) is 0 Å². The predicted octanol–water partition coefficient (Wildman–Crippen LogP) is 2.73. The van der Waals surface area contributed by atoms with Crippen LogP contribution < -0.4 is 11.1 Å². The summed E-state index contributed by atoms with van der Waals surface area (Å²) in [4.78, 5) is 5.08. The maximum atomic E-state index is 5.85. The Kier molecular flexibility index (Phi) is 3.63. The first-order chi connectivity index (χ1) is 10.0. The summed E-state index contributed by atoms with van der Waals surface area (Å²) in [5.41, 5.74) is 9.96. The minimum atomic E-state index is 0.323. The molecule has 0 aliphatic heterocycles. The van der Waals surface area contributed by atoms with Crippen LogP contribution in [0.25, 0.3) is 0 Å². The highest BCUT2D eigenvalue weighted by atomic mass is 32.1. The van der Waals surface area contributed by atoms with Gasteiger partial charge in [-0.25, -0.2) is 4.98 Å². The first-order valence-electron chi connectivity index (χ1n) is 7.18. The Labute approximate surface area is 129 Å². The molecule has 5 nitrogen and oxygen atoms in total. The molecule has 0 spiro atoms. The number of aryl methyl sites for hydroxylation is 2. The fourth-order valence-corrected chi connectivity index (χ4v) is 2.73. The van der Waals surface area contributed by atoms with Gasteiger partial charge in [-0.05, 0) is 44.7 Å². The van der Waals surface area contributed by atoms with Crippen LogP contribution in [0.2, 0.25) is 0 Å². The number of thiocarbonyl (C=S) groups is 1. The number of nitrogens with one attached hydrogen (secondary N) is 1. The van der Waals surface area contributed by atoms with Crippen LogP contribution >= 0.6 is 12.2 Å². The van der Waals surface area contributed by atoms with Gasteiger partial charge in [-0.1, -0.05) is 12.2 Å². The Hall–Kier alpha value is -1.95. The third-order valence-corrected chi connectivity index (χ3v) is 3.93. The largest absolute Gasteiger partial charge is 0.389 e. The number of nitrogens with zero attached hydrogens (tertiary/aromatic N) is 3. The van der Waals surface area contributed by atoms with Gasteiger partial charge in [0, 0.05) is 17.9 Å². The Morgan fingerprint density at radius 3 is 2.90 bits per heavy atom. The lowest BCUT2D eigenvalue weighted by molar-refractivity contribution is 0.532. The molecule has 0 radical (unpaired) electrons. The number of hydrogen-bond donors (Lipinski definition) is 2. The third-order valence-electron chi connectivity index (χ3n) is 3.71. The highest BCUT2D eigenvalue weighted by Crippen LogP contribution is 2.27. The highest BCUT2D eigenvalue weighted by molar-refractivity contribution is 7.80. The summed E-state index contributed by atoms with van der Waals surface area (Å²) in [6, 6.07) is 2.40. The average Bonchev–Trinajstić information content (AvgIpc) is 3.05. The maximum Gasteiger partial charge on any atom is 0.141 e. The number of anilines is 2. The zero-order valence-electron chi connectivity index (χ0n) is 12.3. The Balaban J connectivity index is 1.95. The van der Waals surface area contributed by atoms with Crippen LogP contribution in [0.15, 0.2) is 18.5 Å². The van der Waals surface area contributed by atoms with Gasteiger partial charge in [0.05, 0.1) is 17.4 Å². The fraction of sp³-hybridized carbons (Fsp3) is 0.400. The molecule has 0 amide bonds. The molecule has 0 saturated carbocycles. The molecule has 0 aromatic carbocycles. The normalized spacial score (nSPS) is 13.5. The SMILES string of the molecule is CC(C)n1cc(Nc2nc3c(cc2C(N)=S)CCC3)cn1. The molecule has 2 aromatic rings. The lowest BCUT2D eigenvalue weighted by Gasteiger charge is -2.11. The molecule has 0 bridgehead atoms. The molecule has 0 saturated heterocycles. The van der Waals surface area contributed by atoms with E-state index in [4.69, 9.17) is 22.9 Å². The minimum absolute atomic E-state index is 0.323. The van der Waals surface area contributed by atoms with Crippen molar-refractivity contribution in [1.82, 2.24) is 14.8 Å². The van der Waals surface area contributed by atoms with E-state index in [1.54, 1.807) is 6.20 Å². The lowest BCUT2D eigenvalue weighted by Crippen LogP contribution is -2.14. The molecule has 21 heavy (non-hydrogen) atoms. The topological polar surface area (TPSA) is 68.8 Å². The second kappa shape index (κ2) is 5.44. The van der Waals surface area contributed by atoms with E-state index in [1.807, 2.05) is 10.9 Å². The first-order valence-corrected chi connectivity index (χ1v) is 7.59. The molecule has 0 unspecified atom stereocenters. The van der Waals surface area contributed by atoms with Crippen molar-refractivity contribution in [3.8, 4) is 0 Å². The van der Waals surface area contributed by atoms with E-state index in [1.165, 1.54) is 5.56 Å². The zero-order valence-corrected chi connectivity index (χ0v) is 13.1. The molecule has 110 valence electrons. The van der Waals surface area contributed by atoms with Gasteiger partial charge in [-0.3, -0.25) is 4.68 Å². The van der Waals surface area contributed by atoms with Crippen molar-refractivity contribution >= 4 is 28.7 Å². The van der Waals surface area contributed by atoms with Gasteiger partial charge >= 0.3 is 0 Å². The van der Waals surface area contributed by atoms with Gasteiger partial charge in [0.25, 0.3) is 0 Å². The van der Waals surface area contributed by atoms with Crippen LogP contribution in [0.5, 0.6) is 0 Å². The summed E-state index contributed by atoms with van der Waals surface area (Å²) in [7, 11) is 0. The fourth-order valence-electron chi connectivity index (χ4n) is 2.58. The van der Waals surface area contributed by atoms with Crippen molar-refractivity contribution in [3.05, 3.63) is 35.3 Å². The van der Waals surface area contributed by atoms with Gasteiger partial charge in [-0.15, -0.1) is 0 Å². The van der Waals surface area contributed by atoms with Crippen molar-refractivity contribution < 1.29 is 0 Å². The summed E-state index contributed by atoms with van der Waals surface area (Å²) < 4.78 is 1.90. The lowest BCUT2D eigenvalue weighted by atomic mass is 10.1. The van der Waals surface area contributed by atoms with Crippen LogP contribution in [0.4, 0.5) is 11.5 Å². The zero-order chi connectivity index (χ0) is 15.0. The van der Waals surface area contributed by atoms with Crippen molar-refractivity contribution in [3.63, 3.8) is 0 Å². The van der Waals surface area contributed by atoms with E-state index in [0.29, 0.717) is 11.0 Å². The number of hydrogen-bond acceptors (Lipinski definition) is 4. The number of fused-ring (bicyclic) bond motifs is 1. The van der Waals surface area contributed by atoms with Gasteiger partial charge in [0.2, 0.25) is 0 Å². The van der Waals surface area contributed by atoms with Gasteiger partial charge in [0.15, 0.2) is 0 Å². The van der Waals surface area contributed by atoms with E-state index < -0.39 is 0 Å². The number of rotatable bonds is 4. The standard InChI is InChI=1S/C15H19N5S/c1-9(2)20-8-11(7-17-20)18-15-12(14(16)21)6-10-4-3-5-13(10)19-15/h6-9H,3-5H2,1-2H3,(H2,16,21)(H,18,19). The van der Waals surface area contributed by atoms with E-state index in [2.05, 4.69) is 30.3 Å². The summed E-state index contributed by atoms with van der Waals surface area (Å²) in [5.74, 6) is 0.728. The molecular weight excluding hydrogens is 282 g/mol. The predicted molar refractivity (Wildman–Crippen MR) is 88.0 cm³/mol. The van der Waals surface area contributed by atoms with Crippen molar-refractivity contribution in [2.24, 2.45) is 5.73 Å². The molecule has 2 heterocycles. The highest BCUT2D eigenvalue weighted by Gasteiger charge is 2.18. The molecule has 3 N–H and O–H groups in total. The molecule has 1 aliphatic rings. The number of nitrogens with two attached hydrogens (primary N) is 1. The quantitative estimate of drug-likeness (QED) is 0.850. The monoisotopic (exact) mass is 301 g/mol.